The summed E-state index contributed by atoms with van der Waals surface area (Å²) in [5.74, 6) is -0.371. The number of para-hydroxylation sites is 1. The molecule has 0 bridgehead atoms. The zero-order valence-corrected chi connectivity index (χ0v) is 15.9. The molecule has 0 unspecified atom stereocenters. The highest BCUT2D eigenvalue weighted by atomic mass is 35.5. The van der Waals surface area contributed by atoms with Crippen LogP contribution in [0.1, 0.15) is 21.5 Å². The normalized spacial score (nSPS) is 15.2. The monoisotopic (exact) mass is 390 g/mol. The van der Waals surface area contributed by atoms with Gasteiger partial charge in [-0.3, -0.25) is 14.5 Å². The standard InChI is InChI=1S/C23H19ClN2O2/c24-19-12-6-4-11-18(19)15-25-22(27)21-14-17-10-5-7-13-20(17)26(21)23(28)16-8-2-1-3-9-16/h1-13,21H,14-15H2,(H,25,27)/t21-/m1/s1. The lowest BCUT2D eigenvalue weighted by Gasteiger charge is -2.25. The largest absolute Gasteiger partial charge is 0.350 e. The van der Waals surface area contributed by atoms with E-state index in [0.717, 1.165) is 16.8 Å². The second-order valence-electron chi connectivity index (χ2n) is 6.70. The molecule has 0 fully saturated rings. The van der Waals surface area contributed by atoms with E-state index in [2.05, 4.69) is 5.32 Å². The van der Waals surface area contributed by atoms with Crippen LogP contribution in [0.25, 0.3) is 0 Å². The van der Waals surface area contributed by atoms with E-state index in [1.54, 1.807) is 23.1 Å². The molecule has 1 heterocycles. The Morgan fingerprint density at radius 2 is 1.61 bits per heavy atom. The molecule has 3 aromatic rings. The van der Waals surface area contributed by atoms with Crippen LogP contribution in [0, 0.1) is 0 Å². The highest BCUT2D eigenvalue weighted by Gasteiger charge is 2.38. The summed E-state index contributed by atoms with van der Waals surface area (Å²) in [6.45, 7) is 0.318. The number of fused-ring (bicyclic) bond motifs is 1. The topological polar surface area (TPSA) is 49.4 Å². The van der Waals surface area contributed by atoms with Crippen molar-refractivity contribution in [2.24, 2.45) is 0 Å². The Labute approximate surface area is 168 Å². The molecule has 0 radical (unpaired) electrons. The minimum Gasteiger partial charge on any atom is -0.350 e. The number of anilines is 1. The first-order valence-corrected chi connectivity index (χ1v) is 9.50. The van der Waals surface area contributed by atoms with Crippen LogP contribution in [-0.4, -0.2) is 17.9 Å². The van der Waals surface area contributed by atoms with Crippen molar-refractivity contribution in [2.45, 2.75) is 19.0 Å². The van der Waals surface area contributed by atoms with Gasteiger partial charge in [-0.05, 0) is 35.4 Å². The maximum Gasteiger partial charge on any atom is 0.259 e. The van der Waals surface area contributed by atoms with Crippen molar-refractivity contribution in [3.63, 3.8) is 0 Å². The molecule has 0 aromatic heterocycles. The molecule has 1 aliphatic rings. The van der Waals surface area contributed by atoms with Crippen molar-refractivity contribution in [3.05, 3.63) is 101 Å². The Morgan fingerprint density at radius 3 is 2.39 bits per heavy atom. The average Bonchev–Trinajstić information content (AvgIpc) is 3.13. The van der Waals surface area contributed by atoms with Crippen molar-refractivity contribution in [3.8, 4) is 0 Å². The van der Waals surface area contributed by atoms with Gasteiger partial charge in [0, 0.05) is 29.2 Å². The van der Waals surface area contributed by atoms with Gasteiger partial charge in [0.05, 0.1) is 0 Å². The van der Waals surface area contributed by atoms with Gasteiger partial charge >= 0.3 is 0 Å². The first kappa shape index (κ1) is 18.3. The molecule has 0 saturated carbocycles. The summed E-state index contributed by atoms with van der Waals surface area (Å²) >= 11 is 6.18. The molecular weight excluding hydrogens is 372 g/mol. The third-order valence-corrected chi connectivity index (χ3v) is 5.30. The number of amides is 2. The van der Waals surface area contributed by atoms with Crippen LogP contribution in [0.5, 0.6) is 0 Å². The van der Waals surface area contributed by atoms with Crippen molar-refractivity contribution in [1.82, 2.24) is 5.32 Å². The van der Waals surface area contributed by atoms with Gasteiger partial charge in [-0.25, -0.2) is 0 Å². The molecular formula is C23H19ClN2O2. The first-order chi connectivity index (χ1) is 13.6. The summed E-state index contributed by atoms with van der Waals surface area (Å²) in [7, 11) is 0. The molecule has 1 N–H and O–H groups in total. The predicted molar refractivity (Wildman–Crippen MR) is 110 cm³/mol. The van der Waals surface area contributed by atoms with E-state index in [9.17, 15) is 9.59 Å². The highest BCUT2D eigenvalue weighted by Crippen LogP contribution is 2.33. The van der Waals surface area contributed by atoms with E-state index in [-0.39, 0.29) is 11.8 Å². The fourth-order valence-corrected chi connectivity index (χ4v) is 3.71. The Hall–Kier alpha value is -3.11. The number of rotatable bonds is 4. The van der Waals surface area contributed by atoms with Crippen molar-refractivity contribution < 1.29 is 9.59 Å². The second kappa shape index (κ2) is 7.87. The van der Waals surface area contributed by atoms with E-state index >= 15 is 0 Å². The first-order valence-electron chi connectivity index (χ1n) is 9.13. The van der Waals surface area contributed by atoms with Gasteiger partial charge in [0.1, 0.15) is 6.04 Å². The van der Waals surface area contributed by atoms with E-state index in [1.807, 2.05) is 60.7 Å². The zero-order chi connectivity index (χ0) is 19.5. The summed E-state index contributed by atoms with van der Waals surface area (Å²) in [6, 6.07) is 23.5. The van der Waals surface area contributed by atoms with E-state index in [4.69, 9.17) is 11.6 Å². The van der Waals surface area contributed by atoms with Crippen LogP contribution >= 0.6 is 11.6 Å². The van der Waals surface area contributed by atoms with Crippen LogP contribution < -0.4 is 10.2 Å². The summed E-state index contributed by atoms with van der Waals surface area (Å²) < 4.78 is 0. The van der Waals surface area contributed by atoms with Gasteiger partial charge in [0.2, 0.25) is 5.91 Å². The van der Waals surface area contributed by atoms with Crippen molar-refractivity contribution >= 4 is 29.1 Å². The molecule has 4 nitrogen and oxygen atoms in total. The summed E-state index contributed by atoms with van der Waals surface area (Å²) in [5.41, 5.74) is 3.18. The molecule has 140 valence electrons. The quantitative estimate of drug-likeness (QED) is 0.724. The maximum absolute atomic E-state index is 13.2. The molecule has 2 amide bonds. The fraction of sp³-hybridized carbons (Fsp3) is 0.130. The third-order valence-electron chi connectivity index (χ3n) is 4.93. The molecule has 0 aliphatic carbocycles. The fourth-order valence-electron chi connectivity index (χ4n) is 3.51. The Kier molecular flexibility index (Phi) is 5.13. The molecule has 0 spiro atoms. The number of nitrogens with one attached hydrogen (secondary N) is 1. The van der Waals surface area contributed by atoms with Gasteiger partial charge in [0.15, 0.2) is 0 Å². The lowest BCUT2D eigenvalue weighted by atomic mass is 10.1. The number of hydrogen-bond donors (Lipinski definition) is 1. The minimum atomic E-state index is -0.590. The Morgan fingerprint density at radius 1 is 0.929 bits per heavy atom. The molecule has 4 rings (SSSR count). The van der Waals surface area contributed by atoms with E-state index in [1.165, 1.54) is 0 Å². The van der Waals surface area contributed by atoms with Crippen LogP contribution in [0.15, 0.2) is 78.9 Å². The summed E-state index contributed by atoms with van der Waals surface area (Å²) in [4.78, 5) is 27.8. The van der Waals surface area contributed by atoms with Gasteiger partial charge in [0.25, 0.3) is 5.91 Å². The Balaban J connectivity index is 1.59. The lowest BCUT2D eigenvalue weighted by molar-refractivity contribution is -0.122. The average molecular weight is 391 g/mol. The number of halogens is 1. The summed E-state index contributed by atoms with van der Waals surface area (Å²) in [6.07, 6.45) is 0.489. The SMILES string of the molecule is O=C(NCc1ccccc1Cl)[C@H]1Cc2ccccc2N1C(=O)c1ccccc1. The van der Waals surface area contributed by atoms with Crippen LogP contribution in [-0.2, 0) is 17.8 Å². The van der Waals surface area contributed by atoms with E-state index in [0.29, 0.717) is 23.6 Å². The van der Waals surface area contributed by atoms with Gasteiger partial charge < -0.3 is 5.32 Å². The number of hydrogen-bond acceptors (Lipinski definition) is 2. The molecule has 1 atom stereocenters. The lowest BCUT2D eigenvalue weighted by Crippen LogP contribution is -2.48. The smallest absolute Gasteiger partial charge is 0.259 e. The molecule has 5 heteroatoms. The van der Waals surface area contributed by atoms with E-state index < -0.39 is 6.04 Å². The van der Waals surface area contributed by atoms with Crippen molar-refractivity contribution in [2.75, 3.05) is 4.90 Å². The number of carbonyl (C=O) groups is 2. The molecule has 3 aromatic carbocycles. The van der Waals surface area contributed by atoms with Crippen molar-refractivity contribution in [1.29, 1.82) is 0 Å². The zero-order valence-electron chi connectivity index (χ0n) is 15.1. The third kappa shape index (κ3) is 3.51. The maximum atomic E-state index is 13.2. The van der Waals surface area contributed by atoms with Crippen LogP contribution in [0.2, 0.25) is 5.02 Å². The number of nitrogens with zero attached hydrogens (tertiary/aromatic N) is 1. The van der Waals surface area contributed by atoms with Gasteiger partial charge in [-0.15, -0.1) is 0 Å². The minimum absolute atomic E-state index is 0.177. The van der Waals surface area contributed by atoms with Gasteiger partial charge in [-0.1, -0.05) is 66.2 Å². The number of benzene rings is 3. The van der Waals surface area contributed by atoms with Gasteiger partial charge in [-0.2, -0.15) is 0 Å². The molecule has 1 aliphatic heterocycles. The van der Waals surface area contributed by atoms with Crippen LogP contribution in [0.3, 0.4) is 0 Å². The number of carbonyl (C=O) groups excluding carboxylic acids is 2. The molecule has 28 heavy (non-hydrogen) atoms. The molecule has 0 saturated heterocycles. The Bertz CT molecular complexity index is 1020. The second-order valence-corrected chi connectivity index (χ2v) is 7.11. The summed E-state index contributed by atoms with van der Waals surface area (Å²) in [5, 5.41) is 3.54. The predicted octanol–water partition coefficient (Wildman–Crippen LogP) is 4.23. The van der Waals surface area contributed by atoms with Crippen LogP contribution in [0.4, 0.5) is 5.69 Å². The highest BCUT2D eigenvalue weighted by molar-refractivity contribution is 6.31.